The van der Waals surface area contributed by atoms with Crippen molar-refractivity contribution in [2.45, 2.75) is 19.1 Å². The van der Waals surface area contributed by atoms with Gasteiger partial charge >= 0.3 is 6.18 Å². The van der Waals surface area contributed by atoms with Crippen LogP contribution in [0.1, 0.15) is 29.7 Å². The fourth-order valence-corrected chi connectivity index (χ4v) is 4.33. The molecule has 1 unspecified atom stereocenters. The lowest BCUT2D eigenvalue weighted by Gasteiger charge is -2.26. The van der Waals surface area contributed by atoms with Gasteiger partial charge in [-0.05, 0) is 67.1 Å². The number of rotatable bonds is 6. The lowest BCUT2D eigenvalue weighted by atomic mass is 9.94. The minimum atomic E-state index is -4.58. The normalized spacial score (nSPS) is 17.2. The highest BCUT2D eigenvalue weighted by Crippen LogP contribution is 2.44. The lowest BCUT2D eigenvalue weighted by Crippen LogP contribution is -2.29. The number of Topliss-reactive ketones (excluding diaryl/α,β-unsaturated/α-hetero) is 1. The zero-order valence-electron chi connectivity index (χ0n) is 19.7. The first-order valence-corrected chi connectivity index (χ1v) is 11.5. The maximum absolute atomic E-state index is 13.3. The highest BCUT2D eigenvalue weighted by Gasteiger charge is 2.47. The summed E-state index contributed by atoms with van der Waals surface area (Å²) in [6.07, 6.45) is -4.58. The van der Waals surface area contributed by atoms with Gasteiger partial charge in [-0.3, -0.25) is 14.5 Å². The number of alkyl halides is 3. The van der Waals surface area contributed by atoms with Crippen LogP contribution in [0.15, 0.2) is 72.3 Å². The molecule has 1 N–H and O–H groups in total. The van der Waals surface area contributed by atoms with Crippen LogP contribution in [0.4, 0.5) is 18.9 Å². The van der Waals surface area contributed by atoms with Gasteiger partial charge in [-0.25, -0.2) is 0 Å². The fraction of sp³-hybridized carbons (Fsp3) is 0.185. The van der Waals surface area contributed by atoms with E-state index in [0.29, 0.717) is 23.7 Å². The number of aliphatic hydroxyl groups excluding tert-OH is 1. The Morgan fingerprint density at radius 2 is 1.73 bits per heavy atom. The van der Waals surface area contributed by atoms with Crippen molar-refractivity contribution in [2.75, 3.05) is 18.6 Å². The first kappa shape index (κ1) is 26.1. The molecule has 1 saturated heterocycles. The molecule has 0 bridgehead atoms. The molecule has 1 aliphatic heterocycles. The zero-order chi connectivity index (χ0) is 26.9. The molecule has 6 nitrogen and oxygen atoms in total. The number of amides is 1. The van der Waals surface area contributed by atoms with Gasteiger partial charge < -0.3 is 14.6 Å². The van der Waals surface area contributed by atoms with Crippen LogP contribution in [0.2, 0.25) is 5.02 Å². The number of benzene rings is 3. The van der Waals surface area contributed by atoms with E-state index in [0.717, 1.165) is 29.2 Å². The van der Waals surface area contributed by atoms with E-state index in [-0.39, 0.29) is 21.8 Å². The topological polar surface area (TPSA) is 76.1 Å². The summed E-state index contributed by atoms with van der Waals surface area (Å²) in [4.78, 5) is 27.6. The third-order valence-corrected chi connectivity index (χ3v) is 6.16. The molecule has 4 rings (SSSR count). The van der Waals surface area contributed by atoms with Crippen LogP contribution in [0.25, 0.3) is 5.76 Å². The molecule has 0 saturated carbocycles. The average molecular weight is 532 g/mol. The first-order valence-electron chi connectivity index (χ1n) is 11.1. The monoisotopic (exact) mass is 531 g/mol. The third kappa shape index (κ3) is 4.99. The summed E-state index contributed by atoms with van der Waals surface area (Å²) >= 11 is 6.32. The van der Waals surface area contributed by atoms with Gasteiger partial charge in [-0.15, -0.1) is 0 Å². The summed E-state index contributed by atoms with van der Waals surface area (Å²) in [5.41, 5.74) is -0.710. The van der Waals surface area contributed by atoms with Gasteiger partial charge in [0.1, 0.15) is 17.3 Å². The maximum atomic E-state index is 13.3. The number of hydrogen-bond acceptors (Lipinski definition) is 5. The van der Waals surface area contributed by atoms with Gasteiger partial charge in [0.25, 0.3) is 11.7 Å². The van der Waals surface area contributed by atoms with Crippen LogP contribution in [0.3, 0.4) is 0 Å². The largest absolute Gasteiger partial charge is 0.507 e. The second kappa shape index (κ2) is 10.2. The van der Waals surface area contributed by atoms with Crippen molar-refractivity contribution in [1.29, 1.82) is 0 Å². The molecule has 1 heterocycles. The molecule has 10 heteroatoms. The van der Waals surface area contributed by atoms with E-state index in [4.69, 9.17) is 21.1 Å². The fourth-order valence-electron chi connectivity index (χ4n) is 4.12. The number of ketones is 1. The quantitative estimate of drug-likeness (QED) is 0.226. The van der Waals surface area contributed by atoms with Crippen LogP contribution in [0.5, 0.6) is 11.5 Å². The van der Waals surface area contributed by atoms with Gasteiger partial charge in [-0.2, -0.15) is 13.2 Å². The first-order chi connectivity index (χ1) is 17.6. The van der Waals surface area contributed by atoms with E-state index < -0.39 is 35.2 Å². The number of aliphatic hydroxyl groups is 1. The minimum Gasteiger partial charge on any atom is -0.507 e. The van der Waals surface area contributed by atoms with E-state index >= 15 is 0 Å². The van der Waals surface area contributed by atoms with Crippen molar-refractivity contribution in [2.24, 2.45) is 0 Å². The smallest absolute Gasteiger partial charge is 0.416 e. The molecule has 37 heavy (non-hydrogen) atoms. The molecule has 1 aliphatic rings. The molecule has 1 fully saturated rings. The summed E-state index contributed by atoms with van der Waals surface area (Å²) < 4.78 is 50.1. The molecule has 0 aromatic heterocycles. The van der Waals surface area contributed by atoms with Gasteiger partial charge in [0.05, 0.1) is 35.9 Å². The highest BCUT2D eigenvalue weighted by molar-refractivity contribution is 6.52. The van der Waals surface area contributed by atoms with Gasteiger partial charge in [0.2, 0.25) is 0 Å². The van der Waals surface area contributed by atoms with Crippen molar-refractivity contribution in [3.05, 3.63) is 94.0 Å². The molecular formula is C27H21ClF3NO5. The molecule has 0 spiro atoms. The molecule has 0 aliphatic carbocycles. The Kier molecular flexibility index (Phi) is 7.18. The SMILES string of the molecule is CCOc1ccc(Cl)c(/C(O)=C2\C(=O)C(=O)N(c3ccc(C(F)(F)F)cc3)C2c2cccc(OC)c2)c1. The molecule has 3 aromatic carbocycles. The second-order valence-corrected chi connectivity index (χ2v) is 8.47. The van der Waals surface area contributed by atoms with Crippen molar-refractivity contribution in [1.82, 2.24) is 0 Å². The minimum absolute atomic E-state index is 0.0381. The molecule has 1 amide bonds. The van der Waals surface area contributed by atoms with Crippen LogP contribution in [-0.4, -0.2) is 30.5 Å². The Morgan fingerprint density at radius 3 is 2.35 bits per heavy atom. The number of nitrogens with zero attached hydrogens (tertiary/aromatic N) is 1. The standard InChI is InChI=1S/C27H21ClF3NO5/c1-3-37-19-11-12-21(28)20(14-19)24(33)22-23(15-5-4-6-18(13-15)36-2)32(26(35)25(22)34)17-9-7-16(8-10-17)27(29,30)31/h4-14,23,33H,3H2,1-2H3/b24-22+. The summed E-state index contributed by atoms with van der Waals surface area (Å²) in [7, 11) is 1.44. The van der Waals surface area contributed by atoms with Crippen LogP contribution in [-0.2, 0) is 15.8 Å². The predicted octanol–water partition coefficient (Wildman–Crippen LogP) is 6.39. The zero-order valence-corrected chi connectivity index (χ0v) is 20.4. The summed E-state index contributed by atoms with van der Waals surface area (Å²) in [5, 5.41) is 11.4. The van der Waals surface area contributed by atoms with Gasteiger partial charge in [-0.1, -0.05) is 23.7 Å². The molecule has 192 valence electrons. The van der Waals surface area contributed by atoms with E-state index in [1.54, 1.807) is 37.3 Å². The average Bonchev–Trinajstić information content (AvgIpc) is 3.14. The molecule has 3 aromatic rings. The number of halogens is 4. The van der Waals surface area contributed by atoms with Gasteiger partial charge in [0, 0.05) is 11.3 Å². The predicted molar refractivity (Wildman–Crippen MR) is 132 cm³/mol. The Labute approximate surface area is 215 Å². The van der Waals surface area contributed by atoms with Crippen LogP contribution >= 0.6 is 11.6 Å². The number of ether oxygens (including phenoxy) is 2. The number of hydrogen-bond donors (Lipinski definition) is 1. The second-order valence-electron chi connectivity index (χ2n) is 8.07. The van der Waals surface area contributed by atoms with Crippen molar-refractivity contribution >= 4 is 34.7 Å². The summed E-state index contributed by atoms with van der Waals surface area (Å²) in [6, 6.07) is 13.6. The maximum Gasteiger partial charge on any atom is 0.416 e. The van der Waals surface area contributed by atoms with Crippen molar-refractivity contribution < 1.29 is 37.3 Å². The lowest BCUT2D eigenvalue weighted by molar-refractivity contribution is -0.137. The van der Waals surface area contributed by atoms with Gasteiger partial charge in [0.15, 0.2) is 0 Å². The van der Waals surface area contributed by atoms with E-state index in [1.165, 1.54) is 19.2 Å². The Hall–Kier alpha value is -3.98. The van der Waals surface area contributed by atoms with Crippen LogP contribution < -0.4 is 14.4 Å². The number of anilines is 1. The highest BCUT2D eigenvalue weighted by atomic mass is 35.5. The van der Waals surface area contributed by atoms with Crippen molar-refractivity contribution in [3.8, 4) is 11.5 Å². The Morgan fingerprint density at radius 1 is 1.03 bits per heavy atom. The van der Waals surface area contributed by atoms with E-state index in [9.17, 15) is 27.9 Å². The van der Waals surface area contributed by atoms with Crippen LogP contribution in [0, 0.1) is 0 Å². The van der Waals surface area contributed by atoms with Crippen molar-refractivity contribution in [3.63, 3.8) is 0 Å². The summed E-state index contributed by atoms with van der Waals surface area (Å²) in [6.45, 7) is 2.11. The molecule has 0 radical (unpaired) electrons. The third-order valence-electron chi connectivity index (χ3n) is 5.83. The molecular weight excluding hydrogens is 511 g/mol. The number of carbonyl (C=O) groups excluding carboxylic acids is 2. The Bertz CT molecular complexity index is 1390. The summed E-state index contributed by atoms with van der Waals surface area (Å²) in [5.74, 6) is -1.81. The Balaban J connectivity index is 1.94. The molecule has 1 atom stereocenters. The number of methoxy groups -OCH3 is 1. The number of carbonyl (C=O) groups is 2. The van der Waals surface area contributed by atoms with E-state index in [2.05, 4.69) is 0 Å². The van der Waals surface area contributed by atoms with E-state index in [1.807, 2.05) is 0 Å².